The zero-order valence-corrected chi connectivity index (χ0v) is 14.5. The average Bonchev–Trinajstić information content (AvgIpc) is 3.16. The van der Waals surface area contributed by atoms with Crippen LogP contribution in [0.3, 0.4) is 0 Å². The van der Waals surface area contributed by atoms with Crippen molar-refractivity contribution in [3.63, 3.8) is 0 Å². The number of hydrogen-bond donors (Lipinski definition) is 1. The number of aryl methyl sites for hydroxylation is 3. The summed E-state index contributed by atoms with van der Waals surface area (Å²) in [5.41, 5.74) is 4.07. The van der Waals surface area contributed by atoms with E-state index >= 15 is 0 Å². The Balaban J connectivity index is 2.04. The molecule has 2 heterocycles. The molecule has 1 N–H and O–H groups in total. The van der Waals surface area contributed by atoms with E-state index < -0.39 is 0 Å². The first-order valence-corrected chi connectivity index (χ1v) is 8.55. The molecule has 0 saturated carbocycles. The highest BCUT2D eigenvalue weighted by Gasteiger charge is 2.30. The molecule has 0 spiro atoms. The minimum atomic E-state index is 0.0352. The van der Waals surface area contributed by atoms with Crippen LogP contribution in [0.25, 0.3) is 11.0 Å². The summed E-state index contributed by atoms with van der Waals surface area (Å²) in [6.45, 7) is 10.9. The standard InChI is InChI=1S/C19H26N2O2/c1-5-10-21(15-8-9-20-11-15)19(22)18-14(4)16-12(2)6-7-13(3)17(16)23-18/h6-7,15,20H,5,8-11H2,1-4H3. The van der Waals surface area contributed by atoms with E-state index in [9.17, 15) is 4.79 Å². The predicted molar refractivity (Wildman–Crippen MR) is 93.0 cm³/mol. The first-order chi connectivity index (χ1) is 11.0. The maximum absolute atomic E-state index is 13.1. The van der Waals surface area contributed by atoms with Crippen LogP contribution in [0.4, 0.5) is 0 Å². The smallest absolute Gasteiger partial charge is 0.290 e. The fourth-order valence-corrected chi connectivity index (χ4v) is 3.61. The molecule has 124 valence electrons. The van der Waals surface area contributed by atoms with Crippen LogP contribution in [0.1, 0.15) is 47.0 Å². The van der Waals surface area contributed by atoms with E-state index in [0.29, 0.717) is 5.76 Å². The quantitative estimate of drug-likeness (QED) is 0.938. The largest absolute Gasteiger partial charge is 0.450 e. The molecule has 4 heteroatoms. The van der Waals surface area contributed by atoms with E-state index in [4.69, 9.17) is 4.42 Å². The molecule has 1 aliphatic heterocycles. The van der Waals surface area contributed by atoms with Crippen LogP contribution in [0, 0.1) is 20.8 Å². The fourth-order valence-electron chi connectivity index (χ4n) is 3.61. The lowest BCUT2D eigenvalue weighted by atomic mass is 10.0. The normalized spacial score (nSPS) is 17.8. The van der Waals surface area contributed by atoms with Gasteiger partial charge in [-0.2, -0.15) is 0 Å². The maximum atomic E-state index is 13.1. The van der Waals surface area contributed by atoms with Crippen LogP contribution in [0.15, 0.2) is 16.5 Å². The number of rotatable bonds is 4. The molecule has 2 aromatic rings. The highest BCUT2D eigenvalue weighted by atomic mass is 16.3. The third-order valence-electron chi connectivity index (χ3n) is 4.88. The zero-order valence-electron chi connectivity index (χ0n) is 14.5. The van der Waals surface area contributed by atoms with Crippen molar-refractivity contribution >= 4 is 16.9 Å². The number of benzene rings is 1. The van der Waals surface area contributed by atoms with Crippen molar-refractivity contribution in [3.8, 4) is 0 Å². The van der Waals surface area contributed by atoms with Crippen molar-refractivity contribution < 1.29 is 9.21 Å². The Kier molecular flexibility index (Phi) is 4.44. The van der Waals surface area contributed by atoms with Crippen LogP contribution >= 0.6 is 0 Å². The van der Waals surface area contributed by atoms with Gasteiger partial charge in [0.05, 0.1) is 0 Å². The molecule has 1 amide bonds. The van der Waals surface area contributed by atoms with Gasteiger partial charge in [0.1, 0.15) is 5.58 Å². The molecule has 1 aromatic heterocycles. The van der Waals surface area contributed by atoms with Crippen LogP contribution < -0.4 is 5.32 Å². The van der Waals surface area contributed by atoms with Gasteiger partial charge in [0.2, 0.25) is 0 Å². The van der Waals surface area contributed by atoms with E-state index in [0.717, 1.165) is 60.1 Å². The minimum absolute atomic E-state index is 0.0352. The third kappa shape index (κ3) is 2.76. The summed E-state index contributed by atoms with van der Waals surface area (Å²) in [6.07, 6.45) is 1.97. The van der Waals surface area contributed by atoms with Gasteiger partial charge in [-0.25, -0.2) is 0 Å². The molecule has 4 nitrogen and oxygen atoms in total. The van der Waals surface area contributed by atoms with Crippen LogP contribution in [-0.2, 0) is 0 Å². The number of carbonyl (C=O) groups is 1. The summed E-state index contributed by atoms with van der Waals surface area (Å²) in [6, 6.07) is 4.43. The van der Waals surface area contributed by atoms with Crippen LogP contribution in [-0.4, -0.2) is 36.5 Å². The summed E-state index contributed by atoms with van der Waals surface area (Å²) in [5.74, 6) is 0.547. The summed E-state index contributed by atoms with van der Waals surface area (Å²) < 4.78 is 6.05. The molecule has 1 unspecified atom stereocenters. The lowest BCUT2D eigenvalue weighted by molar-refractivity contribution is 0.0661. The Morgan fingerprint density at radius 3 is 2.65 bits per heavy atom. The van der Waals surface area contributed by atoms with Gasteiger partial charge >= 0.3 is 0 Å². The van der Waals surface area contributed by atoms with Gasteiger partial charge in [0.25, 0.3) is 5.91 Å². The zero-order chi connectivity index (χ0) is 16.6. The molecule has 1 atom stereocenters. The van der Waals surface area contributed by atoms with E-state index in [2.05, 4.69) is 31.3 Å². The second-order valence-corrected chi connectivity index (χ2v) is 6.60. The number of hydrogen-bond acceptors (Lipinski definition) is 3. The van der Waals surface area contributed by atoms with Crippen LogP contribution in [0.5, 0.6) is 0 Å². The van der Waals surface area contributed by atoms with Crippen molar-refractivity contribution in [2.75, 3.05) is 19.6 Å². The molecular formula is C19H26N2O2. The molecule has 1 saturated heterocycles. The number of nitrogens with one attached hydrogen (secondary N) is 1. The molecule has 3 rings (SSSR count). The second kappa shape index (κ2) is 6.36. The highest BCUT2D eigenvalue weighted by Crippen LogP contribution is 2.31. The van der Waals surface area contributed by atoms with E-state index in [1.807, 2.05) is 18.7 Å². The summed E-state index contributed by atoms with van der Waals surface area (Å²) in [7, 11) is 0. The van der Waals surface area contributed by atoms with E-state index in [-0.39, 0.29) is 11.9 Å². The first-order valence-electron chi connectivity index (χ1n) is 8.55. The number of fused-ring (bicyclic) bond motifs is 1. The molecule has 0 aliphatic carbocycles. The van der Waals surface area contributed by atoms with Gasteiger partial charge in [-0.1, -0.05) is 19.1 Å². The SMILES string of the molecule is CCCN(C(=O)c1oc2c(C)ccc(C)c2c1C)C1CCNC1. The predicted octanol–water partition coefficient (Wildman–Crippen LogP) is 3.57. The van der Waals surface area contributed by atoms with Gasteiger partial charge < -0.3 is 14.6 Å². The Morgan fingerprint density at radius 1 is 1.30 bits per heavy atom. The maximum Gasteiger partial charge on any atom is 0.290 e. The topological polar surface area (TPSA) is 45.5 Å². The molecule has 0 radical (unpaired) electrons. The minimum Gasteiger partial charge on any atom is -0.450 e. The second-order valence-electron chi connectivity index (χ2n) is 6.60. The van der Waals surface area contributed by atoms with E-state index in [1.54, 1.807) is 0 Å². The Morgan fingerprint density at radius 2 is 2.04 bits per heavy atom. The van der Waals surface area contributed by atoms with Crippen LogP contribution in [0.2, 0.25) is 0 Å². The lowest BCUT2D eigenvalue weighted by Gasteiger charge is -2.27. The fraction of sp³-hybridized carbons (Fsp3) is 0.526. The molecule has 0 bridgehead atoms. The molecule has 1 aliphatic rings. The number of amides is 1. The molecular weight excluding hydrogens is 288 g/mol. The van der Waals surface area contributed by atoms with E-state index in [1.165, 1.54) is 0 Å². The summed E-state index contributed by atoms with van der Waals surface area (Å²) >= 11 is 0. The van der Waals surface area contributed by atoms with Crippen molar-refractivity contribution in [2.45, 2.75) is 46.6 Å². The third-order valence-corrected chi connectivity index (χ3v) is 4.88. The van der Waals surface area contributed by atoms with Gasteiger partial charge in [-0.3, -0.25) is 4.79 Å². The Labute approximate surface area is 137 Å². The first kappa shape index (κ1) is 16.1. The molecule has 23 heavy (non-hydrogen) atoms. The molecule has 1 aromatic carbocycles. The number of nitrogens with zero attached hydrogens (tertiary/aromatic N) is 1. The Hall–Kier alpha value is -1.81. The number of carbonyl (C=O) groups excluding carboxylic acids is 1. The van der Waals surface area contributed by atoms with Gasteiger partial charge in [0.15, 0.2) is 5.76 Å². The highest BCUT2D eigenvalue weighted by molar-refractivity contribution is 6.00. The van der Waals surface area contributed by atoms with Crippen molar-refractivity contribution in [3.05, 3.63) is 34.6 Å². The summed E-state index contributed by atoms with van der Waals surface area (Å²) in [5, 5.41) is 4.44. The molecule has 1 fully saturated rings. The monoisotopic (exact) mass is 314 g/mol. The van der Waals surface area contributed by atoms with Gasteiger partial charge in [0, 0.05) is 30.1 Å². The Bertz CT molecular complexity index is 727. The lowest BCUT2D eigenvalue weighted by Crippen LogP contribution is -2.42. The summed E-state index contributed by atoms with van der Waals surface area (Å²) in [4.78, 5) is 15.1. The van der Waals surface area contributed by atoms with Crippen molar-refractivity contribution in [1.29, 1.82) is 0 Å². The number of furan rings is 1. The van der Waals surface area contributed by atoms with Crippen molar-refractivity contribution in [2.24, 2.45) is 0 Å². The van der Waals surface area contributed by atoms with Gasteiger partial charge in [-0.15, -0.1) is 0 Å². The average molecular weight is 314 g/mol. The van der Waals surface area contributed by atoms with Crippen molar-refractivity contribution in [1.82, 2.24) is 10.2 Å². The van der Waals surface area contributed by atoms with Gasteiger partial charge in [-0.05, 0) is 51.3 Å².